The third kappa shape index (κ3) is 3.31. The van der Waals surface area contributed by atoms with Gasteiger partial charge in [0.15, 0.2) is 5.13 Å². The molecular weight excluding hydrogens is 284 g/mol. The van der Waals surface area contributed by atoms with Crippen LogP contribution in [-0.2, 0) is 16.0 Å². The molecule has 3 rings (SSSR count). The summed E-state index contributed by atoms with van der Waals surface area (Å²) in [6.45, 7) is 2.81. The van der Waals surface area contributed by atoms with Gasteiger partial charge in [-0.1, -0.05) is 31.2 Å². The van der Waals surface area contributed by atoms with Gasteiger partial charge in [0.2, 0.25) is 0 Å². The molecule has 1 saturated heterocycles. The number of rotatable bonds is 4. The molecule has 1 fully saturated rings. The molecule has 0 bridgehead atoms. The average molecular weight is 302 g/mol. The van der Waals surface area contributed by atoms with Gasteiger partial charge in [-0.2, -0.15) is 0 Å². The number of carbonyl (C=O) groups excluding carboxylic acids is 1. The Kier molecular flexibility index (Phi) is 4.31. The SMILES string of the molecule is CCc1ccc(-c2csc(NC(=O)[C@@H]3CCCO3)n2)cc1. The van der Waals surface area contributed by atoms with E-state index in [9.17, 15) is 4.79 Å². The van der Waals surface area contributed by atoms with Crippen molar-refractivity contribution in [2.45, 2.75) is 32.3 Å². The minimum Gasteiger partial charge on any atom is -0.368 e. The van der Waals surface area contributed by atoms with Crippen LogP contribution in [-0.4, -0.2) is 23.6 Å². The molecule has 1 aromatic heterocycles. The van der Waals surface area contributed by atoms with E-state index in [0.29, 0.717) is 11.7 Å². The lowest BCUT2D eigenvalue weighted by Crippen LogP contribution is -2.26. The smallest absolute Gasteiger partial charge is 0.255 e. The Balaban J connectivity index is 1.68. The van der Waals surface area contributed by atoms with Crippen LogP contribution in [0.15, 0.2) is 29.6 Å². The predicted molar refractivity (Wildman–Crippen MR) is 84.5 cm³/mol. The Morgan fingerprint density at radius 1 is 1.43 bits per heavy atom. The summed E-state index contributed by atoms with van der Waals surface area (Å²) in [5, 5.41) is 5.43. The summed E-state index contributed by atoms with van der Waals surface area (Å²) < 4.78 is 5.37. The second kappa shape index (κ2) is 6.37. The van der Waals surface area contributed by atoms with Crippen LogP contribution in [0.1, 0.15) is 25.3 Å². The molecule has 2 aromatic rings. The van der Waals surface area contributed by atoms with E-state index < -0.39 is 0 Å². The van der Waals surface area contributed by atoms with E-state index in [4.69, 9.17) is 4.74 Å². The number of ether oxygens (including phenoxy) is 1. The van der Waals surface area contributed by atoms with Crippen molar-refractivity contribution in [1.82, 2.24) is 4.98 Å². The van der Waals surface area contributed by atoms with Crippen LogP contribution >= 0.6 is 11.3 Å². The fourth-order valence-corrected chi connectivity index (χ4v) is 3.07. The molecule has 0 aliphatic carbocycles. The summed E-state index contributed by atoms with van der Waals surface area (Å²) in [5.74, 6) is -0.0882. The van der Waals surface area contributed by atoms with E-state index in [0.717, 1.165) is 30.5 Å². The Morgan fingerprint density at radius 2 is 2.24 bits per heavy atom. The molecule has 0 saturated carbocycles. The molecule has 1 atom stereocenters. The Hall–Kier alpha value is -1.72. The van der Waals surface area contributed by atoms with Gasteiger partial charge < -0.3 is 4.74 Å². The van der Waals surface area contributed by atoms with Gasteiger partial charge >= 0.3 is 0 Å². The van der Waals surface area contributed by atoms with Crippen molar-refractivity contribution in [3.63, 3.8) is 0 Å². The first-order valence-electron chi connectivity index (χ1n) is 7.23. The number of nitrogens with zero attached hydrogens (tertiary/aromatic N) is 1. The van der Waals surface area contributed by atoms with Crippen molar-refractivity contribution in [3.05, 3.63) is 35.2 Å². The van der Waals surface area contributed by atoms with E-state index >= 15 is 0 Å². The average Bonchev–Trinajstić information content (AvgIpc) is 3.19. The zero-order valence-corrected chi connectivity index (χ0v) is 12.8. The van der Waals surface area contributed by atoms with Gasteiger partial charge in [-0.25, -0.2) is 4.98 Å². The maximum Gasteiger partial charge on any atom is 0.255 e. The van der Waals surface area contributed by atoms with Gasteiger partial charge in [0.1, 0.15) is 6.10 Å². The lowest BCUT2D eigenvalue weighted by molar-refractivity contribution is -0.124. The number of hydrogen-bond acceptors (Lipinski definition) is 4. The number of nitrogens with one attached hydrogen (secondary N) is 1. The number of anilines is 1. The Labute approximate surface area is 128 Å². The second-order valence-electron chi connectivity index (χ2n) is 5.08. The normalized spacial score (nSPS) is 17.9. The summed E-state index contributed by atoms with van der Waals surface area (Å²) in [4.78, 5) is 16.5. The minimum absolute atomic E-state index is 0.0882. The summed E-state index contributed by atoms with van der Waals surface area (Å²) in [7, 11) is 0. The molecular formula is C16H18N2O2S. The lowest BCUT2D eigenvalue weighted by Gasteiger charge is -2.07. The molecule has 1 aliphatic rings. The molecule has 1 aromatic carbocycles. The first-order valence-corrected chi connectivity index (χ1v) is 8.11. The van der Waals surface area contributed by atoms with Crippen LogP contribution in [0.3, 0.4) is 0 Å². The highest BCUT2D eigenvalue weighted by molar-refractivity contribution is 7.14. The summed E-state index contributed by atoms with van der Waals surface area (Å²) in [6, 6.07) is 8.36. The highest BCUT2D eigenvalue weighted by atomic mass is 32.1. The molecule has 1 N–H and O–H groups in total. The van der Waals surface area contributed by atoms with Crippen LogP contribution in [0.5, 0.6) is 0 Å². The maximum absolute atomic E-state index is 12.0. The molecule has 0 radical (unpaired) electrons. The van der Waals surface area contributed by atoms with Crippen molar-refractivity contribution in [1.29, 1.82) is 0 Å². The van der Waals surface area contributed by atoms with Crippen LogP contribution < -0.4 is 5.32 Å². The summed E-state index contributed by atoms with van der Waals surface area (Å²) >= 11 is 1.44. The fourth-order valence-electron chi connectivity index (χ4n) is 2.35. The van der Waals surface area contributed by atoms with Gasteiger partial charge in [-0.05, 0) is 24.8 Å². The van der Waals surface area contributed by atoms with E-state index in [1.807, 2.05) is 5.38 Å². The van der Waals surface area contributed by atoms with Crippen LogP contribution in [0.2, 0.25) is 0 Å². The van der Waals surface area contributed by atoms with Gasteiger partial charge in [0, 0.05) is 17.6 Å². The summed E-state index contributed by atoms with van der Waals surface area (Å²) in [5.41, 5.74) is 3.27. The number of benzene rings is 1. The van der Waals surface area contributed by atoms with E-state index in [-0.39, 0.29) is 12.0 Å². The molecule has 21 heavy (non-hydrogen) atoms. The zero-order chi connectivity index (χ0) is 14.7. The molecule has 4 nitrogen and oxygen atoms in total. The van der Waals surface area contributed by atoms with Crippen LogP contribution in [0.4, 0.5) is 5.13 Å². The quantitative estimate of drug-likeness (QED) is 0.940. The summed E-state index contributed by atoms with van der Waals surface area (Å²) in [6.07, 6.45) is 2.45. The van der Waals surface area contributed by atoms with Gasteiger partial charge in [0.25, 0.3) is 5.91 Å². The van der Waals surface area contributed by atoms with Crippen molar-refractivity contribution < 1.29 is 9.53 Å². The first-order chi connectivity index (χ1) is 10.3. The Bertz CT molecular complexity index is 615. The maximum atomic E-state index is 12.0. The molecule has 1 amide bonds. The third-order valence-electron chi connectivity index (χ3n) is 3.61. The number of aryl methyl sites for hydroxylation is 1. The van der Waals surface area contributed by atoms with Crippen molar-refractivity contribution in [3.8, 4) is 11.3 Å². The number of aromatic nitrogens is 1. The molecule has 5 heteroatoms. The monoisotopic (exact) mass is 302 g/mol. The van der Waals surface area contributed by atoms with Gasteiger partial charge in [0.05, 0.1) is 5.69 Å². The highest BCUT2D eigenvalue weighted by Crippen LogP contribution is 2.26. The molecule has 2 heterocycles. The fraction of sp³-hybridized carbons (Fsp3) is 0.375. The van der Waals surface area contributed by atoms with Crippen LogP contribution in [0, 0.1) is 0 Å². The third-order valence-corrected chi connectivity index (χ3v) is 4.37. The van der Waals surface area contributed by atoms with Gasteiger partial charge in [-0.3, -0.25) is 10.1 Å². The van der Waals surface area contributed by atoms with Crippen LogP contribution in [0.25, 0.3) is 11.3 Å². The van der Waals surface area contributed by atoms with E-state index in [1.54, 1.807) is 0 Å². The number of amides is 1. The zero-order valence-electron chi connectivity index (χ0n) is 12.0. The predicted octanol–water partition coefficient (Wildman–Crippen LogP) is 3.49. The highest BCUT2D eigenvalue weighted by Gasteiger charge is 2.24. The number of thiazole rings is 1. The first kappa shape index (κ1) is 14.2. The number of hydrogen-bond donors (Lipinski definition) is 1. The minimum atomic E-state index is -0.318. The largest absolute Gasteiger partial charge is 0.368 e. The van der Waals surface area contributed by atoms with E-state index in [1.165, 1.54) is 16.9 Å². The standard InChI is InChI=1S/C16H18N2O2S/c1-2-11-5-7-12(8-6-11)13-10-21-16(17-13)18-15(19)14-4-3-9-20-14/h5-8,10,14H,2-4,9H2,1H3,(H,17,18,19)/t14-/m0/s1. The van der Waals surface area contributed by atoms with Gasteiger partial charge in [-0.15, -0.1) is 11.3 Å². The number of carbonyl (C=O) groups is 1. The Morgan fingerprint density at radius 3 is 2.90 bits per heavy atom. The van der Waals surface area contributed by atoms with Crippen molar-refractivity contribution >= 4 is 22.4 Å². The second-order valence-corrected chi connectivity index (χ2v) is 5.94. The molecule has 0 unspecified atom stereocenters. The van der Waals surface area contributed by atoms with Crippen molar-refractivity contribution in [2.75, 3.05) is 11.9 Å². The molecule has 110 valence electrons. The van der Waals surface area contributed by atoms with E-state index in [2.05, 4.69) is 41.5 Å². The van der Waals surface area contributed by atoms with Crippen molar-refractivity contribution in [2.24, 2.45) is 0 Å². The lowest BCUT2D eigenvalue weighted by atomic mass is 10.1. The molecule has 0 spiro atoms. The molecule has 1 aliphatic heterocycles. The topological polar surface area (TPSA) is 51.2 Å².